The van der Waals surface area contributed by atoms with Crippen LogP contribution in [0.4, 0.5) is 15.3 Å². The number of hydrazine groups is 1. The van der Waals surface area contributed by atoms with Crippen molar-refractivity contribution >= 4 is 17.9 Å². The van der Waals surface area contributed by atoms with E-state index < -0.39 is 28.3 Å². The summed E-state index contributed by atoms with van der Waals surface area (Å²) < 4.78 is 10.4. The number of ether oxygens (including phenoxy) is 2. The van der Waals surface area contributed by atoms with Gasteiger partial charge >= 0.3 is 12.2 Å². The van der Waals surface area contributed by atoms with Crippen molar-refractivity contribution in [3.05, 3.63) is 39.9 Å². The molecule has 0 radical (unpaired) electrons. The molecule has 0 bridgehead atoms. The third-order valence-corrected chi connectivity index (χ3v) is 2.73. The highest BCUT2D eigenvalue weighted by Gasteiger charge is 2.26. The molecule has 144 valence electrons. The fourth-order valence-electron chi connectivity index (χ4n) is 1.78. The lowest BCUT2D eigenvalue weighted by molar-refractivity contribution is -0.384. The van der Waals surface area contributed by atoms with Crippen LogP contribution in [0.1, 0.15) is 47.1 Å². The van der Waals surface area contributed by atoms with E-state index in [1.54, 1.807) is 41.5 Å². The van der Waals surface area contributed by atoms with Crippen molar-refractivity contribution in [1.29, 1.82) is 0 Å². The predicted octanol–water partition coefficient (Wildman–Crippen LogP) is 3.77. The van der Waals surface area contributed by atoms with E-state index in [0.29, 0.717) is 5.56 Å². The van der Waals surface area contributed by atoms with Gasteiger partial charge in [-0.25, -0.2) is 20.0 Å². The van der Waals surface area contributed by atoms with Gasteiger partial charge in [0.25, 0.3) is 5.69 Å². The highest BCUT2D eigenvalue weighted by atomic mass is 16.6. The summed E-state index contributed by atoms with van der Waals surface area (Å²) in [6.07, 6.45) is -1.59. The molecule has 2 amide bonds. The standard InChI is InChI=1S/C17H25N3O6/c1-16(2,3)25-14(21)18-19(15(22)26-17(4,5)6)11-12-7-9-13(10-8-12)20(23)24/h7-10H,11H2,1-6H3,(H,18,21). The van der Waals surface area contributed by atoms with Crippen LogP contribution in [-0.4, -0.2) is 33.3 Å². The van der Waals surface area contributed by atoms with Gasteiger partial charge in [-0.1, -0.05) is 12.1 Å². The molecule has 0 saturated heterocycles. The Morgan fingerprint density at radius 3 is 1.96 bits per heavy atom. The summed E-state index contributed by atoms with van der Waals surface area (Å²) in [4.78, 5) is 34.6. The van der Waals surface area contributed by atoms with Crippen molar-refractivity contribution in [2.24, 2.45) is 0 Å². The normalized spacial score (nSPS) is 11.5. The highest BCUT2D eigenvalue weighted by Crippen LogP contribution is 2.15. The van der Waals surface area contributed by atoms with Crippen LogP contribution in [-0.2, 0) is 16.0 Å². The molecular formula is C17H25N3O6. The first-order chi connectivity index (χ1) is 11.8. The highest BCUT2D eigenvalue weighted by molar-refractivity contribution is 5.74. The maximum atomic E-state index is 12.4. The number of benzene rings is 1. The van der Waals surface area contributed by atoms with Gasteiger partial charge in [-0.3, -0.25) is 10.1 Å². The molecule has 0 atom stereocenters. The van der Waals surface area contributed by atoms with E-state index in [1.807, 2.05) is 0 Å². The Morgan fingerprint density at radius 2 is 1.54 bits per heavy atom. The number of amides is 2. The van der Waals surface area contributed by atoms with Crippen molar-refractivity contribution in [1.82, 2.24) is 10.4 Å². The second-order valence-corrected chi connectivity index (χ2v) is 7.60. The van der Waals surface area contributed by atoms with E-state index in [4.69, 9.17) is 9.47 Å². The number of rotatable bonds is 3. The number of nitro benzene ring substituents is 1. The van der Waals surface area contributed by atoms with Crippen LogP contribution >= 0.6 is 0 Å². The van der Waals surface area contributed by atoms with Gasteiger partial charge < -0.3 is 9.47 Å². The molecule has 1 N–H and O–H groups in total. The lowest BCUT2D eigenvalue weighted by atomic mass is 10.2. The Balaban J connectivity index is 2.94. The average molecular weight is 367 g/mol. The first kappa shape index (κ1) is 21.2. The Labute approximate surface area is 152 Å². The summed E-state index contributed by atoms with van der Waals surface area (Å²) in [5.41, 5.74) is 1.34. The van der Waals surface area contributed by atoms with Crippen molar-refractivity contribution in [3.63, 3.8) is 0 Å². The van der Waals surface area contributed by atoms with E-state index in [0.717, 1.165) is 5.01 Å². The van der Waals surface area contributed by atoms with Crippen LogP contribution in [0.25, 0.3) is 0 Å². The first-order valence-corrected chi connectivity index (χ1v) is 8.00. The minimum atomic E-state index is -0.815. The van der Waals surface area contributed by atoms with Gasteiger partial charge in [-0.15, -0.1) is 0 Å². The van der Waals surface area contributed by atoms with Gasteiger partial charge in [0.15, 0.2) is 0 Å². The van der Waals surface area contributed by atoms with Gasteiger partial charge in [0.2, 0.25) is 0 Å². The van der Waals surface area contributed by atoms with E-state index in [9.17, 15) is 19.7 Å². The summed E-state index contributed by atoms with van der Waals surface area (Å²) in [6.45, 7) is 10.1. The molecule has 26 heavy (non-hydrogen) atoms. The zero-order valence-electron chi connectivity index (χ0n) is 15.9. The fourth-order valence-corrected chi connectivity index (χ4v) is 1.78. The molecule has 1 aromatic carbocycles. The first-order valence-electron chi connectivity index (χ1n) is 8.00. The van der Waals surface area contributed by atoms with Gasteiger partial charge in [0.05, 0.1) is 11.5 Å². The molecule has 9 nitrogen and oxygen atoms in total. The van der Waals surface area contributed by atoms with Gasteiger partial charge in [-0.05, 0) is 47.1 Å². The topological polar surface area (TPSA) is 111 Å². The maximum absolute atomic E-state index is 12.4. The summed E-state index contributed by atoms with van der Waals surface area (Å²) in [7, 11) is 0. The Bertz CT molecular complexity index is 659. The van der Waals surface area contributed by atoms with E-state index in [2.05, 4.69) is 5.43 Å². The number of carbonyl (C=O) groups is 2. The number of nitrogens with one attached hydrogen (secondary N) is 1. The van der Waals surface area contributed by atoms with E-state index in [1.165, 1.54) is 24.3 Å². The number of carbonyl (C=O) groups excluding carboxylic acids is 2. The number of hydrogen-bond donors (Lipinski definition) is 1. The van der Waals surface area contributed by atoms with E-state index in [-0.39, 0.29) is 12.2 Å². The molecular weight excluding hydrogens is 342 g/mol. The molecule has 0 aliphatic carbocycles. The molecule has 0 aliphatic heterocycles. The Morgan fingerprint density at radius 1 is 1.04 bits per heavy atom. The number of non-ortho nitro benzene ring substituents is 1. The maximum Gasteiger partial charge on any atom is 0.429 e. The molecule has 0 spiro atoms. The largest absolute Gasteiger partial charge is 0.443 e. The Hall–Kier alpha value is -2.84. The smallest absolute Gasteiger partial charge is 0.429 e. The van der Waals surface area contributed by atoms with Gasteiger partial charge in [-0.2, -0.15) is 0 Å². The molecule has 1 aromatic rings. The van der Waals surface area contributed by atoms with Crippen LogP contribution in [0, 0.1) is 10.1 Å². The van der Waals surface area contributed by atoms with E-state index >= 15 is 0 Å². The van der Waals surface area contributed by atoms with Gasteiger partial charge in [0.1, 0.15) is 11.2 Å². The summed E-state index contributed by atoms with van der Waals surface area (Å²) in [6, 6.07) is 5.62. The van der Waals surface area contributed by atoms with Crippen LogP contribution in [0.2, 0.25) is 0 Å². The molecule has 0 heterocycles. The zero-order chi connectivity index (χ0) is 20.1. The quantitative estimate of drug-likeness (QED) is 0.643. The van der Waals surface area contributed by atoms with Gasteiger partial charge in [0, 0.05) is 12.1 Å². The zero-order valence-corrected chi connectivity index (χ0v) is 15.9. The van der Waals surface area contributed by atoms with Crippen molar-refractivity contribution in [3.8, 4) is 0 Å². The average Bonchev–Trinajstić information content (AvgIpc) is 2.43. The molecule has 0 aromatic heterocycles. The lowest BCUT2D eigenvalue weighted by Crippen LogP contribution is -2.49. The second-order valence-electron chi connectivity index (χ2n) is 7.60. The number of hydrogen-bond acceptors (Lipinski definition) is 6. The van der Waals surface area contributed by atoms with Crippen LogP contribution < -0.4 is 5.43 Å². The predicted molar refractivity (Wildman–Crippen MR) is 94.2 cm³/mol. The molecule has 0 aliphatic rings. The summed E-state index contributed by atoms with van der Waals surface area (Å²) >= 11 is 0. The van der Waals surface area contributed by atoms with Crippen molar-refractivity contribution in [2.45, 2.75) is 59.3 Å². The SMILES string of the molecule is CC(C)(C)OC(=O)NN(Cc1ccc([N+](=O)[O-])cc1)C(=O)OC(C)(C)C. The van der Waals surface area contributed by atoms with Crippen LogP contribution in [0.5, 0.6) is 0 Å². The molecule has 0 unspecified atom stereocenters. The van der Waals surface area contributed by atoms with Crippen LogP contribution in [0.3, 0.4) is 0 Å². The minimum Gasteiger partial charge on any atom is -0.443 e. The summed E-state index contributed by atoms with van der Waals surface area (Å²) in [5.74, 6) is 0. The molecule has 0 fully saturated rings. The lowest BCUT2D eigenvalue weighted by Gasteiger charge is -2.28. The molecule has 0 saturated carbocycles. The monoisotopic (exact) mass is 367 g/mol. The van der Waals surface area contributed by atoms with Crippen molar-refractivity contribution < 1.29 is 24.0 Å². The number of nitro groups is 1. The fraction of sp³-hybridized carbons (Fsp3) is 0.529. The minimum absolute atomic E-state index is 0.0495. The van der Waals surface area contributed by atoms with Crippen molar-refractivity contribution in [2.75, 3.05) is 0 Å². The molecule has 9 heteroatoms. The Kier molecular flexibility index (Phi) is 6.55. The third kappa shape index (κ3) is 7.82. The summed E-state index contributed by atoms with van der Waals surface area (Å²) in [5, 5.41) is 11.7. The number of nitrogens with zero attached hydrogens (tertiary/aromatic N) is 2. The second kappa shape index (κ2) is 8.03. The van der Waals surface area contributed by atoms with Crippen LogP contribution in [0.15, 0.2) is 24.3 Å². The molecule has 1 rings (SSSR count). The third-order valence-electron chi connectivity index (χ3n) is 2.73.